The van der Waals surface area contributed by atoms with Crippen molar-refractivity contribution in [2.45, 2.75) is 11.9 Å². The molecule has 0 aliphatic heterocycles. The number of aryl methyl sites for hydroxylation is 1. The zero-order valence-electron chi connectivity index (χ0n) is 18.1. The van der Waals surface area contributed by atoms with Gasteiger partial charge in [0.1, 0.15) is 0 Å². The van der Waals surface area contributed by atoms with Gasteiger partial charge in [-0.1, -0.05) is 12.1 Å². The predicted octanol–water partition coefficient (Wildman–Crippen LogP) is 3.90. The molecular weight excluding hydrogens is 472 g/mol. The Hall–Kier alpha value is -3.96. The molecule has 5 aromatic rings. The molecule has 0 radical (unpaired) electrons. The number of thiazole rings is 1. The van der Waals surface area contributed by atoms with Crippen molar-refractivity contribution in [2.75, 3.05) is 11.6 Å². The second-order valence-corrected chi connectivity index (χ2v) is 10.5. The zero-order valence-corrected chi connectivity index (χ0v) is 19.8. The third-order valence-electron chi connectivity index (χ3n) is 5.03. The number of benzene rings is 1. The Labute approximate surface area is 199 Å². The quantitative estimate of drug-likeness (QED) is 0.397. The SMILES string of the molecule is Cc1cccc(-n2nc(C(=O)Nc3ccc(S(C)(=O)=O)nc3)cc2-c2ccc3ncsc3c2)n1. The van der Waals surface area contributed by atoms with E-state index in [1.165, 1.54) is 29.7 Å². The predicted molar refractivity (Wildman–Crippen MR) is 130 cm³/mol. The van der Waals surface area contributed by atoms with Crippen LogP contribution in [-0.4, -0.2) is 45.3 Å². The van der Waals surface area contributed by atoms with E-state index in [-0.39, 0.29) is 10.7 Å². The van der Waals surface area contributed by atoms with Crippen molar-refractivity contribution in [1.29, 1.82) is 0 Å². The van der Waals surface area contributed by atoms with Crippen molar-refractivity contribution in [3.63, 3.8) is 0 Å². The standard InChI is InChI=1S/C23H18N6O3S2/c1-14-4-3-5-21(26-14)29-19(15-6-8-17-20(10-15)33-13-25-17)11-18(28-29)23(30)27-16-7-9-22(24-12-16)34(2,31)32/h3-13H,1-2H3,(H,27,30). The summed E-state index contributed by atoms with van der Waals surface area (Å²) in [5, 5.41) is 7.18. The first kappa shape index (κ1) is 21.9. The summed E-state index contributed by atoms with van der Waals surface area (Å²) < 4.78 is 25.9. The Morgan fingerprint density at radius 1 is 1.06 bits per heavy atom. The molecule has 0 saturated heterocycles. The first-order chi connectivity index (χ1) is 16.3. The molecule has 0 spiro atoms. The molecule has 0 fully saturated rings. The largest absolute Gasteiger partial charge is 0.319 e. The molecule has 9 nitrogen and oxygen atoms in total. The molecule has 0 unspecified atom stereocenters. The topological polar surface area (TPSA) is 120 Å². The van der Waals surface area contributed by atoms with Gasteiger partial charge in [-0.3, -0.25) is 4.79 Å². The highest BCUT2D eigenvalue weighted by Gasteiger charge is 2.19. The molecule has 1 amide bonds. The van der Waals surface area contributed by atoms with Gasteiger partial charge in [-0.05, 0) is 49.4 Å². The van der Waals surface area contributed by atoms with E-state index < -0.39 is 15.7 Å². The number of hydrogen-bond donors (Lipinski definition) is 1. The second-order valence-electron chi connectivity index (χ2n) is 7.61. The molecule has 0 aliphatic carbocycles. The number of carbonyl (C=O) groups excluding carboxylic acids is 1. The number of amides is 1. The molecule has 0 saturated carbocycles. The normalized spacial score (nSPS) is 11.6. The number of sulfone groups is 1. The van der Waals surface area contributed by atoms with E-state index in [4.69, 9.17) is 0 Å². The lowest BCUT2D eigenvalue weighted by atomic mass is 10.1. The van der Waals surface area contributed by atoms with Gasteiger partial charge in [0.05, 0.1) is 33.3 Å². The van der Waals surface area contributed by atoms with Crippen molar-refractivity contribution in [2.24, 2.45) is 0 Å². The lowest BCUT2D eigenvalue weighted by Gasteiger charge is -2.07. The van der Waals surface area contributed by atoms with Crippen molar-refractivity contribution in [1.82, 2.24) is 24.7 Å². The van der Waals surface area contributed by atoms with Crippen LogP contribution < -0.4 is 5.32 Å². The van der Waals surface area contributed by atoms with Crippen LogP contribution in [0.4, 0.5) is 5.69 Å². The Kier molecular flexibility index (Phi) is 5.42. The van der Waals surface area contributed by atoms with Crippen molar-refractivity contribution in [3.05, 3.63) is 77.7 Å². The van der Waals surface area contributed by atoms with E-state index >= 15 is 0 Å². The van der Waals surface area contributed by atoms with Crippen molar-refractivity contribution >= 4 is 43.0 Å². The highest BCUT2D eigenvalue weighted by molar-refractivity contribution is 7.90. The number of rotatable bonds is 5. The minimum absolute atomic E-state index is 0.0685. The summed E-state index contributed by atoms with van der Waals surface area (Å²) in [6.07, 6.45) is 2.37. The molecule has 11 heteroatoms. The highest BCUT2D eigenvalue weighted by Crippen LogP contribution is 2.28. The van der Waals surface area contributed by atoms with Crippen LogP contribution >= 0.6 is 11.3 Å². The van der Waals surface area contributed by atoms with Crippen LogP contribution in [0.3, 0.4) is 0 Å². The van der Waals surface area contributed by atoms with Gasteiger partial charge < -0.3 is 5.32 Å². The summed E-state index contributed by atoms with van der Waals surface area (Å²) in [5.41, 5.74) is 5.60. The van der Waals surface area contributed by atoms with E-state index in [1.807, 2.05) is 43.3 Å². The number of aromatic nitrogens is 5. The maximum Gasteiger partial charge on any atom is 0.276 e. The maximum atomic E-state index is 13.0. The molecule has 1 N–H and O–H groups in total. The fourth-order valence-electron chi connectivity index (χ4n) is 3.40. The van der Waals surface area contributed by atoms with E-state index in [0.29, 0.717) is 17.2 Å². The van der Waals surface area contributed by atoms with Crippen molar-refractivity contribution < 1.29 is 13.2 Å². The third-order valence-corrected chi connectivity index (χ3v) is 6.83. The smallest absolute Gasteiger partial charge is 0.276 e. The van der Waals surface area contributed by atoms with Gasteiger partial charge in [0.15, 0.2) is 26.4 Å². The average molecular weight is 491 g/mol. The van der Waals surface area contributed by atoms with Gasteiger partial charge in [0, 0.05) is 17.5 Å². The van der Waals surface area contributed by atoms with E-state index in [2.05, 4.69) is 25.4 Å². The molecule has 0 atom stereocenters. The van der Waals surface area contributed by atoms with Gasteiger partial charge in [0.2, 0.25) is 0 Å². The molecule has 0 bridgehead atoms. The average Bonchev–Trinajstić information content (AvgIpc) is 3.46. The van der Waals surface area contributed by atoms with Crippen LogP contribution in [0.1, 0.15) is 16.2 Å². The summed E-state index contributed by atoms with van der Waals surface area (Å²) >= 11 is 1.53. The van der Waals surface area contributed by atoms with Crippen molar-refractivity contribution in [3.8, 4) is 17.1 Å². The Morgan fingerprint density at radius 3 is 2.65 bits per heavy atom. The Balaban J connectivity index is 1.54. The van der Waals surface area contributed by atoms with Crippen LogP contribution in [0, 0.1) is 6.92 Å². The minimum Gasteiger partial charge on any atom is -0.319 e. The van der Waals surface area contributed by atoms with Gasteiger partial charge in [-0.25, -0.2) is 28.1 Å². The minimum atomic E-state index is -3.43. The summed E-state index contributed by atoms with van der Waals surface area (Å²) in [5.74, 6) is 0.123. The number of carbonyl (C=O) groups is 1. The highest BCUT2D eigenvalue weighted by atomic mass is 32.2. The molecule has 4 aromatic heterocycles. The number of pyridine rings is 2. The summed E-state index contributed by atoms with van der Waals surface area (Å²) in [6.45, 7) is 1.89. The summed E-state index contributed by atoms with van der Waals surface area (Å²) in [4.78, 5) is 25.8. The second kappa shape index (κ2) is 8.43. The lowest BCUT2D eigenvalue weighted by Crippen LogP contribution is -2.14. The molecule has 170 valence electrons. The molecule has 4 heterocycles. The van der Waals surface area contributed by atoms with Crippen LogP contribution in [0.25, 0.3) is 27.3 Å². The first-order valence-corrected chi connectivity index (χ1v) is 12.9. The van der Waals surface area contributed by atoms with Crippen LogP contribution in [0.2, 0.25) is 0 Å². The van der Waals surface area contributed by atoms with Gasteiger partial charge in [-0.15, -0.1) is 11.3 Å². The zero-order chi connectivity index (χ0) is 23.9. The fourth-order valence-corrected chi connectivity index (χ4v) is 4.68. The summed E-state index contributed by atoms with van der Waals surface area (Å²) in [6, 6.07) is 16.0. The number of hydrogen-bond acceptors (Lipinski definition) is 8. The first-order valence-electron chi connectivity index (χ1n) is 10.1. The number of anilines is 1. The fraction of sp³-hybridized carbons (Fsp3) is 0.0870. The van der Waals surface area contributed by atoms with Crippen LogP contribution in [0.15, 0.2) is 71.3 Å². The molecule has 0 aliphatic rings. The summed E-state index contributed by atoms with van der Waals surface area (Å²) in [7, 11) is -3.43. The third kappa shape index (κ3) is 4.30. The lowest BCUT2D eigenvalue weighted by molar-refractivity contribution is 0.102. The Morgan fingerprint density at radius 2 is 1.91 bits per heavy atom. The van der Waals surface area contributed by atoms with Crippen LogP contribution in [-0.2, 0) is 9.84 Å². The number of fused-ring (bicyclic) bond motifs is 1. The number of nitrogens with zero attached hydrogens (tertiary/aromatic N) is 5. The molecule has 5 rings (SSSR count). The maximum absolute atomic E-state index is 13.0. The Bertz CT molecular complexity index is 1640. The monoisotopic (exact) mass is 490 g/mol. The van der Waals surface area contributed by atoms with E-state index in [0.717, 1.165) is 27.7 Å². The van der Waals surface area contributed by atoms with Crippen LogP contribution in [0.5, 0.6) is 0 Å². The van der Waals surface area contributed by atoms with E-state index in [9.17, 15) is 13.2 Å². The molecular formula is C23H18N6O3S2. The number of nitrogens with one attached hydrogen (secondary N) is 1. The van der Waals surface area contributed by atoms with Gasteiger partial charge in [0.25, 0.3) is 5.91 Å². The van der Waals surface area contributed by atoms with Gasteiger partial charge >= 0.3 is 0 Å². The van der Waals surface area contributed by atoms with Gasteiger partial charge in [-0.2, -0.15) is 5.10 Å². The molecule has 34 heavy (non-hydrogen) atoms. The van der Waals surface area contributed by atoms with E-state index in [1.54, 1.807) is 16.3 Å². The molecule has 1 aromatic carbocycles.